The van der Waals surface area contributed by atoms with E-state index in [0.717, 1.165) is 6.07 Å². The summed E-state index contributed by atoms with van der Waals surface area (Å²) >= 11 is 0. The number of aryl methyl sites for hydroxylation is 2. The van der Waals surface area contributed by atoms with Gasteiger partial charge in [-0.1, -0.05) is 30.3 Å². The summed E-state index contributed by atoms with van der Waals surface area (Å²) in [6, 6.07) is 12.7. The van der Waals surface area contributed by atoms with Gasteiger partial charge in [-0.15, -0.1) is 10.2 Å². The summed E-state index contributed by atoms with van der Waals surface area (Å²) in [5, 5.41) is 6.59. The van der Waals surface area contributed by atoms with Crippen LogP contribution in [0.4, 0.5) is 13.2 Å². The third kappa shape index (κ3) is 5.74. The number of hydrogen-bond donors (Lipinski definition) is 1. The molecule has 0 saturated carbocycles. The zero-order chi connectivity index (χ0) is 20.8. The molecule has 1 atom stereocenters. The Morgan fingerprint density at radius 1 is 1.14 bits per heavy atom. The fourth-order valence-electron chi connectivity index (χ4n) is 2.96. The molecule has 0 spiro atoms. The molecule has 0 bridgehead atoms. The molecular weight excluding hydrogens is 403 g/mol. The highest BCUT2D eigenvalue weighted by atomic mass is 32.2. The number of halogens is 3. The summed E-state index contributed by atoms with van der Waals surface area (Å²) < 4.78 is 56.5. The van der Waals surface area contributed by atoms with Crippen molar-refractivity contribution in [1.82, 2.24) is 14.9 Å². The lowest BCUT2D eigenvalue weighted by Crippen LogP contribution is -2.15. The van der Waals surface area contributed by atoms with Crippen LogP contribution >= 0.6 is 0 Å². The molecule has 5 nitrogen and oxygen atoms in total. The number of aromatic nitrogens is 2. The van der Waals surface area contributed by atoms with Crippen LogP contribution in [0.1, 0.15) is 35.4 Å². The van der Waals surface area contributed by atoms with E-state index in [1.54, 1.807) is 11.1 Å². The van der Waals surface area contributed by atoms with Crippen LogP contribution in [0.3, 0.4) is 0 Å². The summed E-state index contributed by atoms with van der Waals surface area (Å²) in [4.78, 5) is 0. The van der Waals surface area contributed by atoms with E-state index in [1.807, 2.05) is 0 Å². The van der Waals surface area contributed by atoms with E-state index in [0.29, 0.717) is 0 Å². The van der Waals surface area contributed by atoms with Gasteiger partial charge in [0.1, 0.15) is 5.82 Å². The van der Waals surface area contributed by atoms with Crippen LogP contribution in [-0.4, -0.2) is 20.7 Å². The van der Waals surface area contributed by atoms with Gasteiger partial charge in [-0.25, -0.2) is 13.3 Å². The van der Waals surface area contributed by atoms with Crippen LogP contribution in [0.15, 0.2) is 46.9 Å². The predicted molar refractivity (Wildman–Crippen MR) is 104 cm³/mol. The van der Waals surface area contributed by atoms with E-state index in [2.05, 4.69) is 39.2 Å². The molecule has 1 aliphatic rings. The first-order chi connectivity index (χ1) is 13.9. The molecule has 0 saturated heterocycles. The number of fused-ring (bicyclic) bond motifs is 1. The second kappa shape index (κ2) is 9.80. The summed E-state index contributed by atoms with van der Waals surface area (Å²) in [7, 11) is -1.26. The minimum absolute atomic E-state index is 0.0847. The van der Waals surface area contributed by atoms with Gasteiger partial charge in [0.25, 0.3) is 5.89 Å². The Balaban J connectivity index is 0.000000220. The van der Waals surface area contributed by atoms with E-state index in [1.165, 1.54) is 37.7 Å². The molecule has 3 aromatic rings. The standard InChI is InChI=1S/C11H10F3N3O2S.C9H10/c1-20(18)15-5-7-3-2-6(4-8(7)12)10-16-17-11(19-10)9(13)14;1-2-5-9-7-3-6-8(9)4-1/h2-4,9,15H,5H2,1H3;1-2,4-5H,3,6-7H2. The number of nitrogens with one attached hydrogen (secondary N) is 1. The minimum Gasteiger partial charge on any atom is -0.415 e. The number of nitrogens with zero attached hydrogens (tertiary/aromatic N) is 2. The van der Waals surface area contributed by atoms with Crippen LogP contribution in [0, 0.1) is 5.82 Å². The summed E-state index contributed by atoms with van der Waals surface area (Å²) in [5.74, 6) is -1.58. The maximum Gasteiger partial charge on any atom is 0.314 e. The SMILES string of the molecule is CS(=O)NCc1ccc(-c2nnc(C(F)F)o2)cc1F.c1ccc2c(c1)CCC2. The lowest BCUT2D eigenvalue weighted by Gasteiger charge is -2.04. The first-order valence-corrected chi connectivity index (χ1v) is 10.5. The second-order valence-corrected chi connectivity index (χ2v) is 7.65. The molecule has 9 heteroatoms. The van der Waals surface area contributed by atoms with Crippen molar-refractivity contribution in [2.75, 3.05) is 6.26 Å². The molecule has 1 heterocycles. The normalized spacial score (nSPS) is 13.7. The van der Waals surface area contributed by atoms with Crippen molar-refractivity contribution in [3.8, 4) is 11.5 Å². The Bertz CT molecular complexity index is 972. The third-order valence-electron chi connectivity index (χ3n) is 4.40. The molecular formula is C20H20F3N3O2S. The maximum atomic E-state index is 13.8. The van der Waals surface area contributed by atoms with Gasteiger partial charge in [-0.3, -0.25) is 0 Å². The highest BCUT2D eigenvalue weighted by Gasteiger charge is 2.17. The van der Waals surface area contributed by atoms with Gasteiger partial charge in [-0.2, -0.15) is 8.78 Å². The number of benzene rings is 2. The molecule has 2 aromatic carbocycles. The number of alkyl halides is 2. The van der Waals surface area contributed by atoms with E-state index in [4.69, 9.17) is 4.42 Å². The fourth-order valence-corrected chi connectivity index (χ4v) is 3.32. The number of rotatable bonds is 5. The molecule has 154 valence electrons. The van der Waals surface area contributed by atoms with Crippen molar-refractivity contribution < 1.29 is 21.8 Å². The molecule has 1 N–H and O–H groups in total. The van der Waals surface area contributed by atoms with Crippen molar-refractivity contribution in [3.63, 3.8) is 0 Å². The van der Waals surface area contributed by atoms with Crippen LogP contribution in [0.2, 0.25) is 0 Å². The van der Waals surface area contributed by atoms with Gasteiger partial charge in [0.05, 0.1) is 11.0 Å². The second-order valence-electron chi connectivity index (χ2n) is 6.45. The molecule has 0 fully saturated rings. The molecule has 0 aliphatic heterocycles. The smallest absolute Gasteiger partial charge is 0.314 e. The Morgan fingerprint density at radius 3 is 2.38 bits per heavy atom. The van der Waals surface area contributed by atoms with E-state index in [9.17, 15) is 17.4 Å². The molecule has 29 heavy (non-hydrogen) atoms. The van der Waals surface area contributed by atoms with E-state index < -0.39 is 29.1 Å². The van der Waals surface area contributed by atoms with Crippen LogP contribution in [0.5, 0.6) is 0 Å². The third-order valence-corrected chi connectivity index (χ3v) is 4.95. The monoisotopic (exact) mass is 423 g/mol. The highest BCUT2D eigenvalue weighted by molar-refractivity contribution is 7.82. The minimum atomic E-state index is -2.87. The molecule has 0 radical (unpaired) electrons. The predicted octanol–water partition coefficient (Wildman–Crippen LogP) is 4.37. The van der Waals surface area contributed by atoms with Gasteiger partial charge < -0.3 is 4.42 Å². The lowest BCUT2D eigenvalue weighted by molar-refractivity contribution is 0.116. The van der Waals surface area contributed by atoms with Gasteiger partial charge in [0.15, 0.2) is 0 Å². The molecule has 1 aliphatic carbocycles. The molecule has 4 rings (SSSR count). The van der Waals surface area contributed by atoms with Crippen molar-refractivity contribution in [2.24, 2.45) is 0 Å². The maximum absolute atomic E-state index is 13.8. The average Bonchev–Trinajstić information content (AvgIpc) is 3.37. The molecule has 1 aromatic heterocycles. The van der Waals surface area contributed by atoms with E-state index in [-0.39, 0.29) is 23.6 Å². The zero-order valence-electron chi connectivity index (χ0n) is 15.7. The lowest BCUT2D eigenvalue weighted by atomic mass is 10.1. The summed E-state index contributed by atoms with van der Waals surface area (Å²) in [6.07, 6.45) is 2.52. The average molecular weight is 423 g/mol. The first kappa shape index (κ1) is 21.2. The van der Waals surface area contributed by atoms with Crippen molar-refractivity contribution in [2.45, 2.75) is 32.2 Å². The van der Waals surface area contributed by atoms with Gasteiger partial charge in [0.2, 0.25) is 5.89 Å². The Hall–Kier alpha value is -2.52. The first-order valence-electron chi connectivity index (χ1n) is 8.98. The van der Waals surface area contributed by atoms with Gasteiger partial charge in [0, 0.05) is 23.9 Å². The van der Waals surface area contributed by atoms with Gasteiger partial charge >= 0.3 is 6.43 Å². The largest absolute Gasteiger partial charge is 0.415 e. The van der Waals surface area contributed by atoms with Crippen molar-refractivity contribution in [1.29, 1.82) is 0 Å². The quantitative estimate of drug-likeness (QED) is 0.662. The van der Waals surface area contributed by atoms with Crippen LogP contribution < -0.4 is 4.72 Å². The van der Waals surface area contributed by atoms with Crippen molar-refractivity contribution >= 4 is 11.0 Å². The fraction of sp³-hybridized carbons (Fsp3) is 0.300. The zero-order valence-corrected chi connectivity index (χ0v) is 16.5. The topological polar surface area (TPSA) is 68.0 Å². The Labute approximate surface area is 168 Å². The summed E-state index contributed by atoms with van der Waals surface area (Å²) in [5.41, 5.74) is 3.62. The van der Waals surface area contributed by atoms with Crippen molar-refractivity contribution in [3.05, 3.63) is 70.9 Å². The Morgan fingerprint density at radius 2 is 1.83 bits per heavy atom. The molecule has 0 amide bonds. The van der Waals surface area contributed by atoms with E-state index >= 15 is 0 Å². The molecule has 1 unspecified atom stereocenters. The van der Waals surface area contributed by atoms with Crippen LogP contribution in [-0.2, 0) is 30.4 Å². The van der Waals surface area contributed by atoms with Crippen LogP contribution in [0.25, 0.3) is 11.5 Å². The number of hydrogen-bond acceptors (Lipinski definition) is 4. The summed E-state index contributed by atoms with van der Waals surface area (Å²) in [6.45, 7) is 0.0847. The van der Waals surface area contributed by atoms with Gasteiger partial charge in [-0.05, 0) is 42.5 Å². The Kier molecular flexibility index (Phi) is 7.16. The highest BCUT2D eigenvalue weighted by Crippen LogP contribution is 2.24.